The van der Waals surface area contributed by atoms with Gasteiger partial charge in [-0.15, -0.1) is 0 Å². The van der Waals surface area contributed by atoms with Crippen LogP contribution in [0.5, 0.6) is 0 Å². The van der Waals surface area contributed by atoms with Crippen LogP contribution in [0.25, 0.3) is 0 Å². The van der Waals surface area contributed by atoms with Gasteiger partial charge < -0.3 is 0 Å². The van der Waals surface area contributed by atoms with Crippen molar-refractivity contribution in [3.63, 3.8) is 0 Å². The Morgan fingerprint density at radius 3 is 2.12 bits per heavy atom. The molecule has 2 unspecified atom stereocenters. The van der Waals surface area contributed by atoms with Gasteiger partial charge in [-0.3, -0.25) is 0 Å². The first-order valence-corrected chi connectivity index (χ1v) is 6.31. The Hall–Kier alpha value is 0.730. The van der Waals surface area contributed by atoms with Gasteiger partial charge in [0.25, 0.3) is 0 Å². The molecule has 3 saturated carbocycles. The van der Waals surface area contributed by atoms with Crippen molar-refractivity contribution in [1.29, 1.82) is 0 Å². The molecule has 0 spiro atoms. The summed E-state index contributed by atoms with van der Waals surface area (Å²) in [5.41, 5.74) is 0. The van der Waals surface area contributed by atoms with Gasteiger partial charge in [-0.25, -0.2) is 0 Å². The van der Waals surface area contributed by atoms with Crippen LogP contribution in [0.15, 0.2) is 0 Å². The van der Waals surface area contributed by atoms with Gasteiger partial charge in [-0.1, -0.05) is 0 Å². The molecule has 0 radical (unpaired) electrons. The van der Waals surface area contributed by atoms with Crippen LogP contribution in [-0.2, 0) is 0 Å². The van der Waals surface area contributed by atoms with E-state index in [1.807, 2.05) is 0 Å². The zero-order valence-corrected chi connectivity index (χ0v) is 6.97. The van der Waals surface area contributed by atoms with Crippen LogP contribution in [0.3, 0.4) is 0 Å². The van der Waals surface area contributed by atoms with Crippen molar-refractivity contribution in [2.45, 2.75) is 16.8 Å². The monoisotopic (exact) mass is 221 g/mol. The number of rotatable bonds is 0. The van der Waals surface area contributed by atoms with Crippen molar-refractivity contribution >= 4 is 0 Å². The molecule has 1 heteroatoms. The molecule has 2 atom stereocenters. The fourth-order valence-electron chi connectivity index (χ4n) is 2.76. The van der Waals surface area contributed by atoms with Crippen LogP contribution >= 0.6 is 0 Å². The van der Waals surface area contributed by atoms with E-state index in [0.717, 1.165) is 21.2 Å². The molecule has 2 saturated heterocycles. The zero-order chi connectivity index (χ0) is 5.14. The third kappa shape index (κ3) is 0.309. The average molecular weight is 221 g/mol. The normalized spacial score (nSPS) is 67.0. The van der Waals surface area contributed by atoms with Gasteiger partial charge >= 0.3 is 60.2 Å². The number of hydrogen-bond donors (Lipinski definition) is 0. The van der Waals surface area contributed by atoms with Crippen LogP contribution in [0.4, 0.5) is 0 Å². The molecular formula is C7H10I-. The summed E-state index contributed by atoms with van der Waals surface area (Å²) in [6.45, 7) is 0. The van der Waals surface area contributed by atoms with E-state index < -0.39 is 0 Å². The van der Waals surface area contributed by atoms with Crippen LogP contribution in [0.2, 0.25) is 0 Å². The molecule has 4 bridgehead atoms. The molecule has 0 N–H and O–H groups in total. The topological polar surface area (TPSA) is 0 Å². The van der Waals surface area contributed by atoms with E-state index >= 15 is 0 Å². The summed E-state index contributed by atoms with van der Waals surface area (Å²) in [5, 5.41) is 0. The summed E-state index contributed by atoms with van der Waals surface area (Å²) < 4.78 is 3.05. The first kappa shape index (κ1) is 4.53. The second kappa shape index (κ2) is 1.25. The number of alkyl halides is 2. The van der Waals surface area contributed by atoms with Gasteiger partial charge in [0.05, 0.1) is 0 Å². The molecule has 0 nitrogen and oxygen atoms in total. The van der Waals surface area contributed by atoms with Crippen molar-refractivity contribution in [3.05, 3.63) is 0 Å². The minimum atomic E-state index is 0.736. The van der Waals surface area contributed by atoms with Crippen LogP contribution in [-0.4, -0.2) is 8.35 Å². The first-order chi connectivity index (χ1) is 3.97. The van der Waals surface area contributed by atoms with Gasteiger partial charge in [0.15, 0.2) is 0 Å². The minimum absolute atomic E-state index is 0.736. The molecule has 3 aliphatic carbocycles. The van der Waals surface area contributed by atoms with Gasteiger partial charge in [0.1, 0.15) is 0 Å². The van der Waals surface area contributed by atoms with Crippen LogP contribution < -0.4 is 21.2 Å². The van der Waals surface area contributed by atoms with Gasteiger partial charge in [-0.05, 0) is 0 Å². The van der Waals surface area contributed by atoms with E-state index in [0.29, 0.717) is 0 Å². The Bertz CT molecular complexity index is 92.3. The molecule has 5 rings (SSSR count). The Kier molecular flexibility index (Phi) is 0.708. The molecule has 5 fully saturated rings. The molecular weight excluding hydrogens is 211 g/mol. The third-order valence-corrected chi connectivity index (χ3v) is 7.59. The van der Waals surface area contributed by atoms with Crippen LogP contribution in [0, 0.1) is 17.8 Å². The summed E-state index contributed by atoms with van der Waals surface area (Å²) in [7, 11) is 0. The van der Waals surface area contributed by atoms with Crippen LogP contribution in [0.1, 0.15) is 12.8 Å². The van der Waals surface area contributed by atoms with E-state index in [1.54, 1.807) is 17.3 Å². The molecule has 0 aromatic carbocycles. The van der Waals surface area contributed by atoms with Crippen molar-refractivity contribution in [3.8, 4) is 0 Å². The van der Waals surface area contributed by atoms with E-state index in [4.69, 9.17) is 0 Å². The standard InChI is InChI=1S/C7H10I/c1-2-5-6-3-8-7(5)4(1)6/h4-7H,1-3H2/q-1. The Morgan fingerprint density at radius 1 is 1.00 bits per heavy atom. The summed E-state index contributed by atoms with van der Waals surface area (Å²) in [4.78, 5) is 0. The molecule has 2 aliphatic heterocycles. The fourth-order valence-corrected chi connectivity index (χ4v) is 8.33. The summed E-state index contributed by atoms with van der Waals surface area (Å²) >= 11 is 0.736. The van der Waals surface area contributed by atoms with E-state index in [-0.39, 0.29) is 0 Å². The van der Waals surface area contributed by atoms with Crippen molar-refractivity contribution in [1.82, 2.24) is 0 Å². The average Bonchev–Trinajstić information content (AvgIpc) is 2.39. The molecule has 0 aromatic rings. The Balaban J connectivity index is 2.07. The van der Waals surface area contributed by atoms with Crippen molar-refractivity contribution in [2.24, 2.45) is 17.8 Å². The van der Waals surface area contributed by atoms with Gasteiger partial charge in [-0.2, -0.15) is 0 Å². The summed E-state index contributed by atoms with van der Waals surface area (Å²) in [6.07, 6.45) is 3.25. The molecule has 8 heavy (non-hydrogen) atoms. The maximum absolute atomic E-state index is 1.71. The van der Waals surface area contributed by atoms with Gasteiger partial charge in [0, 0.05) is 0 Å². The van der Waals surface area contributed by atoms with E-state index in [1.165, 1.54) is 21.7 Å². The molecule has 0 aromatic heterocycles. The molecule has 2 heterocycles. The predicted octanol–water partition coefficient (Wildman–Crippen LogP) is -1.89. The zero-order valence-electron chi connectivity index (χ0n) is 4.81. The third-order valence-electron chi connectivity index (χ3n) is 3.20. The van der Waals surface area contributed by atoms with Crippen molar-refractivity contribution < 1.29 is 21.2 Å². The molecule has 5 aliphatic rings. The number of fused-ring (bicyclic) bond motifs is 2. The Labute approximate surface area is 60.3 Å². The summed E-state index contributed by atoms with van der Waals surface area (Å²) in [6, 6.07) is 0. The van der Waals surface area contributed by atoms with Crippen molar-refractivity contribution in [2.75, 3.05) is 4.43 Å². The quantitative estimate of drug-likeness (QED) is 0.331. The number of halogens is 1. The maximum atomic E-state index is 1.71. The Morgan fingerprint density at radius 2 is 1.75 bits per heavy atom. The fraction of sp³-hybridized carbons (Fsp3) is 1.00. The first-order valence-electron chi connectivity index (χ1n) is 3.54. The number of hydrogen-bond acceptors (Lipinski definition) is 0. The second-order valence-electron chi connectivity index (χ2n) is 3.32. The second-order valence-corrected chi connectivity index (χ2v) is 6.52. The molecule has 46 valence electrons. The summed E-state index contributed by atoms with van der Waals surface area (Å²) in [5.74, 6) is 3.85. The van der Waals surface area contributed by atoms with Gasteiger partial charge in [0.2, 0.25) is 0 Å². The molecule has 0 amide bonds. The predicted molar refractivity (Wildman–Crippen MR) is 28.4 cm³/mol. The van der Waals surface area contributed by atoms with E-state index in [2.05, 4.69) is 0 Å². The SMILES string of the molecule is C1[I-]C2C3CCC2C13. The van der Waals surface area contributed by atoms with E-state index in [9.17, 15) is 0 Å².